The monoisotopic (exact) mass is 565 g/mol. The number of carboxylic acid groups (broad SMARTS) is 1. The summed E-state index contributed by atoms with van der Waals surface area (Å²) in [5.74, 6) is -1.53. The van der Waals surface area contributed by atoms with Crippen molar-refractivity contribution in [1.82, 2.24) is 20.5 Å². The number of aromatic nitrogens is 1. The largest absolute Gasteiger partial charge is 0.480 e. The quantitative estimate of drug-likeness (QED) is 0.439. The maximum absolute atomic E-state index is 13.9. The van der Waals surface area contributed by atoms with E-state index in [0.29, 0.717) is 39.7 Å². The number of benzene rings is 1. The van der Waals surface area contributed by atoms with Crippen LogP contribution in [0.2, 0.25) is 0 Å². The topological polar surface area (TPSA) is 116 Å². The van der Waals surface area contributed by atoms with Crippen molar-refractivity contribution in [2.24, 2.45) is 4.99 Å². The van der Waals surface area contributed by atoms with Crippen LogP contribution in [-0.2, 0) is 14.3 Å². The number of piperazine rings is 1. The Kier molecular flexibility index (Phi) is 7.95. The average molecular weight is 566 g/mol. The van der Waals surface area contributed by atoms with Crippen LogP contribution in [0.1, 0.15) is 30.0 Å². The van der Waals surface area contributed by atoms with Gasteiger partial charge in [-0.25, -0.2) is 19.2 Å². The maximum Gasteiger partial charge on any atom is 0.338 e. The molecule has 3 atom stereocenters. The highest BCUT2D eigenvalue weighted by Gasteiger charge is 2.39. The predicted octanol–water partition coefficient (Wildman–Crippen LogP) is 2.70. The number of nitrogens with zero attached hydrogens (tertiary/aromatic N) is 3. The second-order valence-electron chi connectivity index (χ2n) is 8.14. The number of halogens is 2. The van der Waals surface area contributed by atoms with E-state index in [1.807, 2.05) is 17.3 Å². The number of nitrogens with one attached hydrogen (secondary N) is 2. The molecule has 35 heavy (non-hydrogen) atoms. The Hall–Kier alpha value is -2.67. The second-order valence-corrected chi connectivity index (χ2v) is 9.89. The number of ether oxygens (including phenoxy) is 1. The van der Waals surface area contributed by atoms with Crippen molar-refractivity contribution in [3.05, 3.63) is 61.9 Å². The van der Waals surface area contributed by atoms with Gasteiger partial charge in [-0.05, 0) is 31.7 Å². The van der Waals surface area contributed by atoms with E-state index in [0.717, 1.165) is 0 Å². The van der Waals surface area contributed by atoms with Crippen LogP contribution in [0.25, 0.3) is 0 Å². The van der Waals surface area contributed by atoms with E-state index >= 15 is 0 Å². The molecular formula is C23H25BrFN5O4S. The molecule has 2 aliphatic heterocycles. The highest BCUT2D eigenvalue weighted by molar-refractivity contribution is 9.10. The zero-order chi connectivity index (χ0) is 25.1. The minimum absolute atomic E-state index is 0.151. The first-order valence-corrected chi connectivity index (χ1v) is 12.7. The van der Waals surface area contributed by atoms with Gasteiger partial charge in [0.25, 0.3) is 0 Å². The molecule has 186 valence electrons. The molecule has 0 bridgehead atoms. The Morgan fingerprint density at radius 3 is 2.86 bits per heavy atom. The van der Waals surface area contributed by atoms with Crippen LogP contribution in [0.15, 0.2) is 50.5 Å². The Morgan fingerprint density at radius 2 is 2.20 bits per heavy atom. The summed E-state index contributed by atoms with van der Waals surface area (Å²) in [4.78, 5) is 36.3. The zero-order valence-electron chi connectivity index (χ0n) is 19.1. The van der Waals surface area contributed by atoms with Gasteiger partial charge >= 0.3 is 11.9 Å². The lowest BCUT2D eigenvalue weighted by atomic mass is 9.90. The van der Waals surface area contributed by atoms with Crippen molar-refractivity contribution in [1.29, 1.82) is 0 Å². The molecule has 0 radical (unpaired) electrons. The van der Waals surface area contributed by atoms with E-state index in [2.05, 4.69) is 31.5 Å². The summed E-state index contributed by atoms with van der Waals surface area (Å²) in [6.45, 7) is 3.04. The van der Waals surface area contributed by atoms with Crippen molar-refractivity contribution < 1.29 is 23.8 Å². The summed E-state index contributed by atoms with van der Waals surface area (Å²) >= 11 is 4.80. The lowest BCUT2D eigenvalue weighted by molar-refractivity contribution is -0.142. The van der Waals surface area contributed by atoms with Crippen molar-refractivity contribution in [2.45, 2.75) is 31.5 Å². The van der Waals surface area contributed by atoms with Gasteiger partial charge in [0.05, 0.1) is 23.9 Å². The summed E-state index contributed by atoms with van der Waals surface area (Å²) in [5.41, 5.74) is 1.27. The fourth-order valence-electron chi connectivity index (χ4n) is 4.30. The fraction of sp³-hybridized carbons (Fsp3) is 0.391. The van der Waals surface area contributed by atoms with Crippen LogP contribution in [0.4, 0.5) is 4.39 Å². The highest BCUT2D eigenvalue weighted by atomic mass is 79.9. The Balaban J connectivity index is 1.87. The minimum Gasteiger partial charge on any atom is -0.480 e. The Morgan fingerprint density at radius 1 is 1.40 bits per heavy atom. The third kappa shape index (κ3) is 5.45. The van der Waals surface area contributed by atoms with E-state index in [-0.39, 0.29) is 18.6 Å². The molecule has 0 saturated carbocycles. The van der Waals surface area contributed by atoms with Crippen LogP contribution >= 0.6 is 27.3 Å². The molecule has 2 aliphatic rings. The lowest BCUT2D eigenvalue weighted by Crippen LogP contribution is -2.59. The van der Waals surface area contributed by atoms with Gasteiger partial charge in [0.15, 0.2) is 10.8 Å². The number of esters is 1. The molecular weight excluding hydrogens is 541 g/mol. The SMILES string of the molecule is CCOC(=O)C1=C(CC2C(C(=O)O)NCCN2C)N=C(c2nccs2)NC1c1ccc(F)cc1Br. The third-order valence-electron chi connectivity index (χ3n) is 5.98. The van der Waals surface area contributed by atoms with E-state index in [1.54, 1.807) is 19.2 Å². The number of carboxylic acids is 1. The zero-order valence-corrected chi connectivity index (χ0v) is 21.5. The first-order valence-electron chi connectivity index (χ1n) is 11.1. The maximum atomic E-state index is 13.9. The van der Waals surface area contributed by atoms with Gasteiger partial charge < -0.3 is 20.5 Å². The molecule has 4 rings (SSSR count). The van der Waals surface area contributed by atoms with Crippen LogP contribution in [0.3, 0.4) is 0 Å². The van der Waals surface area contributed by atoms with Gasteiger partial charge in [-0.1, -0.05) is 22.0 Å². The fourth-order valence-corrected chi connectivity index (χ4v) is 5.47. The third-order valence-corrected chi connectivity index (χ3v) is 7.45. The number of thiazole rings is 1. The first kappa shape index (κ1) is 25.4. The summed E-state index contributed by atoms with van der Waals surface area (Å²) < 4.78 is 19.7. The second kappa shape index (κ2) is 10.9. The number of carbonyl (C=O) groups is 2. The molecule has 1 aromatic carbocycles. The normalized spacial score (nSPS) is 23.0. The molecule has 12 heteroatoms. The molecule has 1 aromatic heterocycles. The van der Waals surface area contributed by atoms with Crippen molar-refractivity contribution in [3.8, 4) is 0 Å². The number of likely N-dealkylation sites (N-methyl/N-ethyl adjacent to an activating group) is 1. The predicted molar refractivity (Wildman–Crippen MR) is 133 cm³/mol. The van der Waals surface area contributed by atoms with Gasteiger partial charge in [0.1, 0.15) is 11.9 Å². The van der Waals surface area contributed by atoms with Gasteiger partial charge in [-0.15, -0.1) is 11.3 Å². The summed E-state index contributed by atoms with van der Waals surface area (Å²) in [7, 11) is 1.85. The standard InChI is InChI=1S/C23H25BrFN5O4S/c1-3-34-23(33)17-15(11-16-19(22(31)32)26-6-8-30(16)2)28-20(21-27-7-9-35-21)29-18(17)13-5-4-12(25)10-14(13)24/h4-5,7,9-10,16,18-19,26H,3,6,8,11H2,1-2H3,(H,28,29)(H,31,32). The molecule has 3 heterocycles. The van der Waals surface area contributed by atoms with Gasteiger partial charge in [-0.2, -0.15) is 0 Å². The molecule has 3 unspecified atom stereocenters. The number of hydrogen-bond acceptors (Lipinski definition) is 9. The summed E-state index contributed by atoms with van der Waals surface area (Å²) in [6.07, 6.45) is 1.83. The molecule has 9 nitrogen and oxygen atoms in total. The Labute approximate surface area is 214 Å². The van der Waals surface area contributed by atoms with Gasteiger partial charge in [-0.3, -0.25) is 9.69 Å². The van der Waals surface area contributed by atoms with Gasteiger partial charge in [0, 0.05) is 41.6 Å². The first-order chi connectivity index (χ1) is 16.8. The van der Waals surface area contributed by atoms with Crippen LogP contribution < -0.4 is 10.6 Å². The van der Waals surface area contributed by atoms with Crippen LogP contribution in [-0.4, -0.2) is 71.6 Å². The molecule has 0 spiro atoms. The molecule has 0 amide bonds. The number of amidine groups is 1. The van der Waals surface area contributed by atoms with E-state index < -0.39 is 35.9 Å². The number of aliphatic carboxylic acids is 1. The smallest absolute Gasteiger partial charge is 0.338 e. The summed E-state index contributed by atoms with van der Waals surface area (Å²) in [5, 5.41) is 18.6. The minimum atomic E-state index is -0.976. The molecule has 1 saturated heterocycles. The van der Waals surface area contributed by atoms with Gasteiger partial charge in [0.2, 0.25) is 0 Å². The number of rotatable bonds is 7. The number of aliphatic imine (C=N–C) groups is 1. The van der Waals surface area contributed by atoms with Crippen LogP contribution in [0, 0.1) is 5.82 Å². The van der Waals surface area contributed by atoms with E-state index in [9.17, 15) is 19.1 Å². The molecule has 2 aromatic rings. The van der Waals surface area contributed by atoms with E-state index in [4.69, 9.17) is 9.73 Å². The van der Waals surface area contributed by atoms with Crippen molar-refractivity contribution >= 4 is 45.0 Å². The average Bonchev–Trinajstić information content (AvgIpc) is 3.35. The number of hydrogen-bond donors (Lipinski definition) is 3. The highest BCUT2D eigenvalue weighted by Crippen LogP contribution is 2.37. The molecule has 1 fully saturated rings. The van der Waals surface area contributed by atoms with E-state index in [1.165, 1.54) is 23.5 Å². The van der Waals surface area contributed by atoms with Crippen LogP contribution in [0.5, 0.6) is 0 Å². The number of carbonyl (C=O) groups excluding carboxylic acids is 1. The Bertz CT molecular complexity index is 1170. The summed E-state index contributed by atoms with van der Waals surface area (Å²) in [6, 6.07) is 2.21. The lowest BCUT2D eigenvalue weighted by Gasteiger charge is -2.39. The molecule has 0 aliphatic carbocycles. The van der Waals surface area contributed by atoms with Crippen molar-refractivity contribution in [3.63, 3.8) is 0 Å². The van der Waals surface area contributed by atoms with Crippen molar-refractivity contribution in [2.75, 3.05) is 26.7 Å². The molecule has 3 N–H and O–H groups in total.